The Morgan fingerprint density at radius 2 is 1.87 bits per heavy atom. The Balaban J connectivity index is 1.89. The van der Waals surface area contributed by atoms with E-state index < -0.39 is 0 Å². The second kappa shape index (κ2) is 10.9. The van der Waals surface area contributed by atoms with E-state index in [1.165, 1.54) is 11.8 Å². The van der Waals surface area contributed by atoms with Gasteiger partial charge in [0.05, 0.1) is 16.5 Å². The maximum absolute atomic E-state index is 12.7. The number of amidine groups is 1. The summed E-state index contributed by atoms with van der Waals surface area (Å²) in [6.07, 6.45) is 1.81. The van der Waals surface area contributed by atoms with Gasteiger partial charge in [0.2, 0.25) is 0 Å². The van der Waals surface area contributed by atoms with E-state index in [1.807, 2.05) is 51.1 Å². The number of aliphatic imine (C=N–C) groups is 1. The summed E-state index contributed by atoms with van der Waals surface area (Å²) < 4.78 is 11.7. The zero-order valence-corrected chi connectivity index (χ0v) is 20.0. The molecule has 0 unspecified atom stereocenters. The van der Waals surface area contributed by atoms with Crippen molar-refractivity contribution >= 4 is 52.1 Å². The molecule has 8 heteroatoms. The summed E-state index contributed by atoms with van der Waals surface area (Å²) in [5.41, 5.74) is 1.60. The Hall–Kier alpha value is -2.15. The van der Waals surface area contributed by atoms with Crippen molar-refractivity contribution in [1.29, 1.82) is 0 Å². The third-order valence-corrected chi connectivity index (χ3v) is 6.15. The van der Waals surface area contributed by atoms with Crippen LogP contribution in [0, 0.1) is 0 Å². The lowest BCUT2D eigenvalue weighted by Gasteiger charge is -2.15. The van der Waals surface area contributed by atoms with Gasteiger partial charge in [0, 0.05) is 23.7 Å². The molecule has 31 heavy (non-hydrogen) atoms. The van der Waals surface area contributed by atoms with Gasteiger partial charge >= 0.3 is 0 Å². The predicted molar refractivity (Wildman–Crippen MR) is 129 cm³/mol. The Labute approximate surface area is 197 Å². The number of thioether (sulfide) groups is 1. The first-order valence-corrected chi connectivity index (χ1v) is 11.6. The van der Waals surface area contributed by atoms with Crippen LogP contribution in [-0.2, 0) is 11.4 Å². The molecule has 2 aromatic rings. The van der Waals surface area contributed by atoms with Gasteiger partial charge in [-0.15, -0.1) is 0 Å². The number of carbonyl (C=O) groups excluding carboxylic acids is 1. The zero-order valence-electron chi connectivity index (χ0n) is 17.7. The number of benzene rings is 2. The van der Waals surface area contributed by atoms with Crippen LogP contribution < -0.4 is 9.47 Å². The topological polar surface area (TPSA) is 51.1 Å². The van der Waals surface area contributed by atoms with E-state index >= 15 is 0 Å². The molecular formula is C23H24Cl2N2O3S. The van der Waals surface area contributed by atoms with Crippen molar-refractivity contribution in [3.05, 3.63) is 62.5 Å². The van der Waals surface area contributed by atoms with Crippen molar-refractivity contribution in [2.75, 3.05) is 19.7 Å². The standard InChI is InChI=1S/C23H24Cl2N2O3S/c1-4-26-23-27(5-2)22(28)20(31-23)13-15-11-18(25)21(19(12-15)29-6-3)30-14-16-9-7-8-10-17(16)24/h7-13H,4-6,14H2,1-3H3/b20-13-,26-23?. The predicted octanol–water partition coefficient (Wildman–Crippen LogP) is 6.28. The number of rotatable bonds is 8. The van der Waals surface area contributed by atoms with Crippen LogP contribution in [-0.4, -0.2) is 35.7 Å². The number of nitrogens with zero attached hydrogens (tertiary/aromatic N) is 2. The van der Waals surface area contributed by atoms with Gasteiger partial charge in [-0.2, -0.15) is 0 Å². The molecule has 0 aliphatic carbocycles. The SMILES string of the molecule is CCN=C1S/C(=C\c2cc(Cl)c(OCc3ccccc3Cl)c(OCC)c2)C(=O)N1CC. The average Bonchev–Trinajstić information content (AvgIpc) is 3.03. The monoisotopic (exact) mass is 478 g/mol. The summed E-state index contributed by atoms with van der Waals surface area (Å²) >= 11 is 14.1. The largest absolute Gasteiger partial charge is 0.490 e. The molecule has 0 spiro atoms. The summed E-state index contributed by atoms with van der Waals surface area (Å²) in [6, 6.07) is 11.1. The molecule has 164 valence electrons. The number of likely N-dealkylation sites (N-methyl/N-ethyl adjacent to an activating group) is 1. The van der Waals surface area contributed by atoms with Crippen LogP contribution >= 0.6 is 35.0 Å². The number of amides is 1. The molecule has 0 saturated carbocycles. The molecule has 3 rings (SSSR count). The van der Waals surface area contributed by atoms with Crippen LogP contribution in [0.5, 0.6) is 11.5 Å². The Morgan fingerprint density at radius 1 is 1.10 bits per heavy atom. The van der Waals surface area contributed by atoms with E-state index in [9.17, 15) is 4.79 Å². The van der Waals surface area contributed by atoms with E-state index in [2.05, 4.69) is 4.99 Å². The van der Waals surface area contributed by atoms with Crippen LogP contribution in [0.25, 0.3) is 6.08 Å². The van der Waals surface area contributed by atoms with Crippen molar-refractivity contribution in [1.82, 2.24) is 4.90 Å². The fourth-order valence-corrected chi connectivity index (χ4v) is 4.60. The highest BCUT2D eigenvalue weighted by atomic mass is 35.5. The quantitative estimate of drug-likeness (QED) is 0.418. The molecule has 1 amide bonds. The number of hydrogen-bond donors (Lipinski definition) is 0. The van der Waals surface area contributed by atoms with Crippen molar-refractivity contribution in [2.45, 2.75) is 27.4 Å². The molecule has 0 atom stereocenters. The van der Waals surface area contributed by atoms with E-state index in [1.54, 1.807) is 17.0 Å². The van der Waals surface area contributed by atoms with Crippen LogP contribution in [0.15, 0.2) is 46.3 Å². The minimum absolute atomic E-state index is 0.0622. The fourth-order valence-electron chi connectivity index (χ4n) is 3.03. The number of halogens is 2. The number of carbonyl (C=O) groups is 1. The highest BCUT2D eigenvalue weighted by molar-refractivity contribution is 8.18. The van der Waals surface area contributed by atoms with Crippen molar-refractivity contribution < 1.29 is 14.3 Å². The van der Waals surface area contributed by atoms with Gasteiger partial charge in [0.25, 0.3) is 5.91 Å². The number of hydrogen-bond acceptors (Lipinski definition) is 5. The molecule has 0 radical (unpaired) electrons. The zero-order chi connectivity index (χ0) is 22.4. The Kier molecular flexibility index (Phi) is 8.29. The minimum Gasteiger partial charge on any atom is -0.490 e. The maximum Gasteiger partial charge on any atom is 0.266 e. The van der Waals surface area contributed by atoms with Crippen molar-refractivity contribution in [3.8, 4) is 11.5 Å². The maximum atomic E-state index is 12.7. The lowest BCUT2D eigenvalue weighted by molar-refractivity contribution is -0.122. The third-order valence-electron chi connectivity index (χ3n) is 4.46. The van der Waals surface area contributed by atoms with Gasteiger partial charge in [0.1, 0.15) is 6.61 Å². The second-order valence-corrected chi connectivity index (χ2v) is 8.38. The summed E-state index contributed by atoms with van der Waals surface area (Å²) in [5.74, 6) is 0.895. The molecule has 1 aliphatic rings. The smallest absolute Gasteiger partial charge is 0.266 e. The lowest BCUT2D eigenvalue weighted by atomic mass is 10.1. The van der Waals surface area contributed by atoms with Crippen LogP contribution in [0.4, 0.5) is 0 Å². The first kappa shape index (κ1) is 23.5. The molecule has 1 heterocycles. The molecule has 0 N–H and O–H groups in total. The van der Waals surface area contributed by atoms with Gasteiger partial charge in [-0.25, -0.2) is 0 Å². The molecule has 0 aromatic heterocycles. The fraction of sp³-hybridized carbons (Fsp3) is 0.304. The summed E-state index contributed by atoms with van der Waals surface area (Å²) in [5, 5.41) is 1.74. The Bertz CT molecular complexity index is 1020. The van der Waals surface area contributed by atoms with Gasteiger partial charge in [-0.1, -0.05) is 41.4 Å². The highest BCUT2D eigenvalue weighted by Gasteiger charge is 2.32. The van der Waals surface area contributed by atoms with E-state index in [-0.39, 0.29) is 12.5 Å². The van der Waals surface area contributed by atoms with E-state index in [0.29, 0.717) is 46.1 Å². The summed E-state index contributed by atoms with van der Waals surface area (Å²) in [6.45, 7) is 7.67. The molecule has 5 nitrogen and oxygen atoms in total. The molecule has 2 aromatic carbocycles. The molecule has 1 aliphatic heterocycles. The highest BCUT2D eigenvalue weighted by Crippen LogP contribution is 2.39. The minimum atomic E-state index is -0.0622. The summed E-state index contributed by atoms with van der Waals surface area (Å²) in [4.78, 5) is 19.4. The molecular weight excluding hydrogens is 455 g/mol. The van der Waals surface area contributed by atoms with E-state index in [4.69, 9.17) is 32.7 Å². The molecule has 1 fully saturated rings. The summed E-state index contributed by atoms with van der Waals surface area (Å²) in [7, 11) is 0. The molecule has 1 saturated heterocycles. The third kappa shape index (κ3) is 5.56. The second-order valence-electron chi connectivity index (χ2n) is 6.56. The van der Waals surface area contributed by atoms with Gasteiger partial charge in [0.15, 0.2) is 16.7 Å². The van der Waals surface area contributed by atoms with Crippen LogP contribution in [0.1, 0.15) is 31.9 Å². The molecule has 0 bridgehead atoms. The van der Waals surface area contributed by atoms with Gasteiger partial charge < -0.3 is 9.47 Å². The van der Waals surface area contributed by atoms with Gasteiger partial charge in [-0.3, -0.25) is 14.7 Å². The number of ether oxygens (including phenoxy) is 2. The van der Waals surface area contributed by atoms with Crippen molar-refractivity contribution in [3.63, 3.8) is 0 Å². The van der Waals surface area contributed by atoms with Gasteiger partial charge in [-0.05, 0) is 62.4 Å². The normalized spacial score (nSPS) is 16.4. The first-order valence-electron chi connectivity index (χ1n) is 10.1. The van der Waals surface area contributed by atoms with Crippen molar-refractivity contribution in [2.24, 2.45) is 4.99 Å². The van der Waals surface area contributed by atoms with E-state index in [0.717, 1.165) is 16.3 Å². The first-order chi connectivity index (χ1) is 15.0. The van der Waals surface area contributed by atoms with Crippen LogP contribution in [0.2, 0.25) is 10.0 Å². The van der Waals surface area contributed by atoms with Crippen LogP contribution in [0.3, 0.4) is 0 Å². The Morgan fingerprint density at radius 3 is 2.55 bits per heavy atom. The lowest BCUT2D eigenvalue weighted by Crippen LogP contribution is -2.28. The average molecular weight is 479 g/mol.